The molecule has 0 atom stereocenters. The summed E-state index contributed by atoms with van der Waals surface area (Å²) in [6.45, 7) is 4.68. The molecule has 0 spiro atoms. The highest BCUT2D eigenvalue weighted by molar-refractivity contribution is 7.13. The number of nitrogens with one attached hydrogen (secondary N) is 1. The third-order valence-electron chi connectivity index (χ3n) is 5.49. The van der Waals surface area contributed by atoms with Crippen LogP contribution in [0.4, 0.5) is 10.8 Å². The zero-order chi connectivity index (χ0) is 23.9. The molecule has 4 rings (SSSR count). The standard InChI is InChI=1S/C26H28N4O3S/c1-3-4-5-8-15-30-24(31)22-10-7-6-9-21(22)23(29-30)25(32)33-16-20-17-34-26(28-20)27-19-13-11-18(2)12-14-19/h6-7,9-14,17H,3-5,8,15-16H2,1-2H3,(H,27,28). The number of aromatic nitrogens is 3. The van der Waals surface area contributed by atoms with Crippen LogP contribution < -0.4 is 10.9 Å². The summed E-state index contributed by atoms with van der Waals surface area (Å²) in [7, 11) is 0. The van der Waals surface area contributed by atoms with Crippen molar-refractivity contribution in [2.45, 2.75) is 52.7 Å². The van der Waals surface area contributed by atoms with E-state index in [1.54, 1.807) is 24.3 Å². The van der Waals surface area contributed by atoms with Gasteiger partial charge >= 0.3 is 5.97 Å². The molecule has 0 amide bonds. The summed E-state index contributed by atoms with van der Waals surface area (Å²) in [4.78, 5) is 30.3. The first-order valence-corrected chi connectivity index (χ1v) is 12.4. The van der Waals surface area contributed by atoms with Crippen LogP contribution in [0.1, 0.15) is 54.4 Å². The number of esters is 1. The third kappa shape index (κ3) is 5.69. The third-order valence-corrected chi connectivity index (χ3v) is 6.30. The summed E-state index contributed by atoms with van der Waals surface area (Å²) in [5.41, 5.74) is 2.74. The number of anilines is 2. The Morgan fingerprint density at radius 2 is 1.82 bits per heavy atom. The Morgan fingerprint density at radius 3 is 2.59 bits per heavy atom. The second-order valence-electron chi connectivity index (χ2n) is 8.19. The highest BCUT2D eigenvalue weighted by atomic mass is 32.1. The van der Waals surface area contributed by atoms with E-state index >= 15 is 0 Å². The molecule has 7 nitrogen and oxygen atoms in total. The van der Waals surface area contributed by atoms with Gasteiger partial charge in [0.1, 0.15) is 6.61 Å². The van der Waals surface area contributed by atoms with Crippen LogP contribution in [0.2, 0.25) is 0 Å². The highest BCUT2D eigenvalue weighted by Crippen LogP contribution is 2.22. The molecule has 0 fully saturated rings. The van der Waals surface area contributed by atoms with Gasteiger partial charge < -0.3 is 10.1 Å². The van der Waals surface area contributed by atoms with E-state index < -0.39 is 5.97 Å². The lowest BCUT2D eigenvalue weighted by Gasteiger charge is -2.10. The molecule has 0 saturated carbocycles. The number of ether oxygens (including phenoxy) is 1. The molecule has 2 aromatic heterocycles. The molecule has 0 aliphatic rings. The van der Waals surface area contributed by atoms with Crippen LogP contribution in [-0.2, 0) is 17.9 Å². The number of hydrogen-bond donors (Lipinski definition) is 1. The van der Waals surface area contributed by atoms with Crippen LogP contribution in [0.25, 0.3) is 10.8 Å². The topological polar surface area (TPSA) is 86.1 Å². The highest BCUT2D eigenvalue weighted by Gasteiger charge is 2.18. The van der Waals surface area contributed by atoms with Gasteiger partial charge in [-0.05, 0) is 31.5 Å². The number of nitrogens with zero attached hydrogens (tertiary/aromatic N) is 3. The molecule has 176 valence electrons. The Balaban J connectivity index is 1.47. The predicted octanol–water partition coefficient (Wildman–Crippen LogP) is 5.84. The minimum atomic E-state index is -0.570. The van der Waals surface area contributed by atoms with Crippen molar-refractivity contribution in [3.05, 3.63) is 81.2 Å². The maximum Gasteiger partial charge on any atom is 0.359 e. The fourth-order valence-electron chi connectivity index (χ4n) is 3.62. The lowest BCUT2D eigenvalue weighted by Crippen LogP contribution is -2.26. The lowest BCUT2D eigenvalue weighted by molar-refractivity contribution is 0.0461. The summed E-state index contributed by atoms with van der Waals surface area (Å²) in [5.74, 6) is -0.570. The Morgan fingerprint density at radius 1 is 1.06 bits per heavy atom. The van der Waals surface area contributed by atoms with Crippen LogP contribution in [-0.4, -0.2) is 20.7 Å². The summed E-state index contributed by atoms with van der Waals surface area (Å²) < 4.78 is 6.93. The van der Waals surface area contributed by atoms with Crippen molar-refractivity contribution in [3.63, 3.8) is 0 Å². The number of rotatable bonds is 10. The van der Waals surface area contributed by atoms with E-state index in [0.717, 1.165) is 36.5 Å². The van der Waals surface area contributed by atoms with Crippen molar-refractivity contribution < 1.29 is 9.53 Å². The molecule has 0 bridgehead atoms. The molecule has 0 radical (unpaired) electrons. The smallest absolute Gasteiger partial charge is 0.359 e. The maximum absolute atomic E-state index is 13.0. The van der Waals surface area contributed by atoms with Crippen LogP contribution in [0.3, 0.4) is 0 Å². The van der Waals surface area contributed by atoms with E-state index in [1.807, 2.05) is 36.6 Å². The van der Waals surface area contributed by atoms with Crippen molar-refractivity contribution in [2.24, 2.45) is 0 Å². The first-order valence-electron chi connectivity index (χ1n) is 11.5. The van der Waals surface area contributed by atoms with E-state index in [9.17, 15) is 9.59 Å². The van der Waals surface area contributed by atoms with E-state index in [4.69, 9.17) is 4.74 Å². The van der Waals surface area contributed by atoms with Gasteiger partial charge in [0, 0.05) is 23.0 Å². The van der Waals surface area contributed by atoms with E-state index in [-0.39, 0.29) is 17.9 Å². The number of benzene rings is 2. The van der Waals surface area contributed by atoms with Gasteiger partial charge in [0.2, 0.25) is 0 Å². The molecule has 0 aliphatic heterocycles. The zero-order valence-electron chi connectivity index (χ0n) is 19.4. The number of carbonyl (C=O) groups is 1. The molecule has 0 aliphatic carbocycles. The first-order chi connectivity index (χ1) is 16.5. The van der Waals surface area contributed by atoms with Gasteiger partial charge in [0.05, 0.1) is 11.1 Å². The molecule has 4 aromatic rings. The molecular formula is C26H28N4O3S. The van der Waals surface area contributed by atoms with Crippen LogP contribution >= 0.6 is 11.3 Å². The van der Waals surface area contributed by atoms with E-state index in [2.05, 4.69) is 22.3 Å². The quantitative estimate of drug-likeness (QED) is 0.228. The second kappa shape index (κ2) is 11.1. The molecule has 2 aromatic carbocycles. The Bertz CT molecular complexity index is 1330. The summed E-state index contributed by atoms with van der Waals surface area (Å²) in [6, 6.07) is 15.1. The van der Waals surface area contributed by atoms with Crippen LogP contribution in [0.15, 0.2) is 58.7 Å². The number of thiazole rings is 1. The average molecular weight is 477 g/mol. The zero-order valence-corrected chi connectivity index (χ0v) is 20.2. The monoisotopic (exact) mass is 476 g/mol. The number of carbonyl (C=O) groups excluding carboxylic acids is 1. The molecule has 1 N–H and O–H groups in total. The SMILES string of the molecule is CCCCCCn1nc(C(=O)OCc2csc(Nc3ccc(C)cc3)n2)c2ccccc2c1=O. The van der Waals surface area contributed by atoms with Gasteiger partial charge in [-0.2, -0.15) is 5.10 Å². The second-order valence-corrected chi connectivity index (χ2v) is 9.05. The number of fused-ring (bicyclic) bond motifs is 1. The average Bonchev–Trinajstić information content (AvgIpc) is 3.30. The molecule has 2 heterocycles. The fourth-order valence-corrected chi connectivity index (χ4v) is 4.34. The van der Waals surface area contributed by atoms with Gasteiger partial charge in [-0.3, -0.25) is 4.79 Å². The largest absolute Gasteiger partial charge is 0.454 e. The molecule has 8 heteroatoms. The van der Waals surface area contributed by atoms with Crippen molar-refractivity contribution in [3.8, 4) is 0 Å². The normalized spacial score (nSPS) is 11.0. The van der Waals surface area contributed by atoms with Crippen molar-refractivity contribution >= 4 is 38.9 Å². The van der Waals surface area contributed by atoms with Crippen LogP contribution in [0, 0.1) is 6.92 Å². The number of aryl methyl sites for hydroxylation is 2. The maximum atomic E-state index is 13.0. The Hall–Kier alpha value is -3.52. The molecule has 34 heavy (non-hydrogen) atoms. The van der Waals surface area contributed by atoms with Crippen molar-refractivity contribution in [1.82, 2.24) is 14.8 Å². The van der Waals surface area contributed by atoms with Gasteiger partial charge in [-0.1, -0.05) is 62.1 Å². The molecule has 0 unspecified atom stereocenters. The minimum Gasteiger partial charge on any atom is -0.454 e. The lowest BCUT2D eigenvalue weighted by atomic mass is 10.1. The van der Waals surface area contributed by atoms with Gasteiger partial charge in [-0.15, -0.1) is 11.3 Å². The van der Waals surface area contributed by atoms with Crippen molar-refractivity contribution in [2.75, 3.05) is 5.32 Å². The summed E-state index contributed by atoms with van der Waals surface area (Å²) in [6.07, 6.45) is 4.06. The minimum absolute atomic E-state index is 0.0243. The Kier molecular flexibility index (Phi) is 7.69. The van der Waals surface area contributed by atoms with Gasteiger partial charge in [-0.25, -0.2) is 14.5 Å². The molecular weight excluding hydrogens is 448 g/mol. The number of unbranched alkanes of at least 4 members (excludes halogenated alkanes) is 3. The predicted molar refractivity (Wildman–Crippen MR) is 136 cm³/mol. The van der Waals surface area contributed by atoms with E-state index in [0.29, 0.717) is 23.0 Å². The first kappa shape index (κ1) is 23.6. The van der Waals surface area contributed by atoms with Gasteiger partial charge in [0.25, 0.3) is 5.56 Å². The summed E-state index contributed by atoms with van der Waals surface area (Å²) >= 11 is 1.44. The van der Waals surface area contributed by atoms with Crippen molar-refractivity contribution in [1.29, 1.82) is 0 Å². The van der Waals surface area contributed by atoms with Gasteiger partial charge in [0.15, 0.2) is 10.8 Å². The summed E-state index contributed by atoms with van der Waals surface area (Å²) in [5, 5.41) is 11.2. The Labute approximate surface area is 202 Å². The van der Waals surface area contributed by atoms with Crippen LogP contribution in [0.5, 0.6) is 0 Å². The number of hydrogen-bond acceptors (Lipinski definition) is 7. The van der Waals surface area contributed by atoms with E-state index in [1.165, 1.54) is 21.6 Å². The molecule has 0 saturated heterocycles. The fraction of sp³-hybridized carbons (Fsp3) is 0.308.